The highest BCUT2D eigenvalue weighted by molar-refractivity contribution is 7.92. The zero-order valence-corrected chi connectivity index (χ0v) is 24.3. The van der Waals surface area contributed by atoms with Crippen LogP contribution in [0.25, 0.3) is 0 Å². The van der Waals surface area contributed by atoms with Crippen molar-refractivity contribution in [3.8, 4) is 0 Å². The molecule has 3 aromatic rings. The molecule has 0 bridgehead atoms. The lowest BCUT2D eigenvalue weighted by Crippen LogP contribution is -2.52. The molecule has 0 spiro atoms. The van der Waals surface area contributed by atoms with Crippen LogP contribution in [0.4, 0.5) is 18.9 Å². The van der Waals surface area contributed by atoms with E-state index >= 15 is 0 Å². The van der Waals surface area contributed by atoms with Gasteiger partial charge in [-0.05, 0) is 56.2 Å². The molecule has 2 amide bonds. The predicted molar refractivity (Wildman–Crippen MR) is 152 cm³/mol. The predicted octanol–water partition coefficient (Wildman–Crippen LogP) is 5.89. The molecule has 220 valence electrons. The highest BCUT2D eigenvalue weighted by Gasteiger charge is 2.37. The van der Waals surface area contributed by atoms with Gasteiger partial charge in [0.05, 0.1) is 21.2 Å². The molecule has 0 saturated carbocycles. The minimum atomic E-state index is -4.87. The number of alkyl halides is 3. The van der Waals surface area contributed by atoms with Crippen LogP contribution in [0.1, 0.15) is 38.3 Å². The monoisotopic (exact) mass is 609 g/mol. The smallest absolute Gasteiger partial charge is 0.352 e. The summed E-state index contributed by atoms with van der Waals surface area (Å²) < 4.78 is 69.2. The Kier molecular flexibility index (Phi) is 10.4. The molecule has 2 atom stereocenters. The summed E-state index contributed by atoms with van der Waals surface area (Å²) in [5, 5.41) is 2.20. The van der Waals surface area contributed by atoms with Crippen LogP contribution in [-0.4, -0.2) is 43.8 Å². The number of nitrogens with one attached hydrogen (secondary N) is 1. The Morgan fingerprint density at radius 1 is 0.951 bits per heavy atom. The van der Waals surface area contributed by atoms with Crippen molar-refractivity contribution < 1.29 is 31.2 Å². The number of amides is 2. The van der Waals surface area contributed by atoms with E-state index in [0.717, 1.165) is 12.1 Å². The highest BCUT2D eigenvalue weighted by atomic mass is 35.5. The summed E-state index contributed by atoms with van der Waals surface area (Å²) in [5.74, 6) is -1.24. The van der Waals surface area contributed by atoms with E-state index in [0.29, 0.717) is 22.4 Å². The zero-order valence-electron chi connectivity index (χ0n) is 22.7. The molecule has 3 rings (SSSR count). The first kappa shape index (κ1) is 32.0. The second kappa shape index (κ2) is 13.4. The number of sulfonamides is 1. The van der Waals surface area contributed by atoms with Crippen molar-refractivity contribution in [2.24, 2.45) is 0 Å². The largest absolute Gasteiger partial charge is 0.417 e. The highest BCUT2D eigenvalue weighted by Crippen LogP contribution is 2.38. The van der Waals surface area contributed by atoms with Crippen LogP contribution in [0.5, 0.6) is 0 Å². The molecular weight excluding hydrogens is 579 g/mol. The Labute approximate surface area is 243 Å². The Hall–Kier alpha value is -3.57. The number of carbonyl (C=O) groups excluding carboxylic acids is 2. The minimum Gasteiger partial charge on any atom is -0.352 e. The van der Waals surface area contributed by atoms with E-state index in [-0.39, 0.29) is 17.5 Å². The molecule has 3 aromatic carbocycles. The molecule has 0 aliphatic carbocycles. The number of rotatable bonds is 11. The number of carbonyl (C=O) groups is 2. The molecule has 0 unspecified atom stereocenters. The summed E-state index contributed by atoms with van der Waals surface area (Å²) in [4.78, 5) is 27.9. The van der Waals surface area contributed by atoms with Gasteiger partial charge < -0.3 is 10.2 Å². The molecule has 41 heavy (non-hydrogen) atoms. The zero-order chi connectivity index (χ0) is 30.4. The molecule has 1 N–H and O–H groups in total. The van der Waals surface area contributed by atoms with Crippen molar-refractivity contribution in [1.29, 1.82) is 0 Å². The summed E-state index contributed by atoms with van der Waals surface area (Å²) in [6, 6.07) is 17.2. The topological polar surface area (TPSA) is 86.8 Å². The fourth-order valence-corrected chi connectivity index (χ4v) is 5.61. The van der Waals surface area contributed by atoms with E-state index < -0.39 is 56.9 Å². The number of halogens is 4. The number of anilines is 1. The summed E-state index contributed by atoms with van der Waals surface area (Å²) in [6.45, 7) is 4.29. The first-order chi connectivity index (χ1) is 19.3. The summed E-state index contributed by atoms with van der Waals surface area (Å²) in [7, 11) is -4.52. The van der Waals surface area contributed by atoms with E-state index in [2.05, 4.69) is 5.32 Å². The maximum Gasteiger partial charge on any atom is 0.417 e. The standard InChI is InChI=1S/C29H31ClF3N3O4S/c1-4-20(2)34-28(38)21(3)35(18-22-11-7-5-8-12-22)27(37)19-36(41(39,40)24-13-9-6-10-14-24)23-15-16-26(30)25(17-23)29(31,32)33/h5-17,20-21H,4,18-19H2,1-3H3,(H,34,38)/t20-,21-/m0/s1. The van der Waals surface area contributed by atoms with Gasteiger partial charge >= 0.3 is 6.18 Å². The SMILES string of the molecule is CC[C@H](C)NC(=O)[C@H](C)N(Cc1ccccc1)C(=O)CN(c1ccc(Cl)c(C(F)(F)F)c1)S(=O)(=O)c1ccccc1. The third kappa shape index (κ3) is 8.01. The van der Waals surface area contributed by atoms with E-state index in [9.17, 15) is 31.2 Å². The van der Waals surface area contributed by atoms with Gasteiger partial charge in [0, 0.05) is 12.6 Å². The molecular formula is C29H31ClF3N3O4S. The Balaban J connectivity index is 2.09. The van der Waals surface area contributed by atoms with Gasteiger partial charge in [0.25, 0.3) is 10.0 Å². The molecule has 0 saturated heterocycles. The van der Waals surface area contributed by atoms with Crippen molar-refractivity contribution in [3.05, 3.63) is 95.0 Å². The maximum atomic E-state index is 13.9. The van der Waals surface area contributed by atoms with Crippen molar-refractivity contribution in [1.82, 2.24) is 10.2 Å². The molecule has 7 nitrogen and oxygen atoms in total. The first-order valence-electron chi connectivity index (χ1n) is 12.8. The first-order valence-corrected chi connectivity index (χ1v) is 14.7. The third-order valence-electron chi connectivity index (χ3n) is 6.52. The fraction of sp³-hybridized carbons (Fsp3) is 0.310. The lowest BCUT2D eigenvalue weighted by Gasteiger charge is -2.32. The van der Waals surface area contributed by atoms with Crippen molar-refractivity contribution >= 4 is 39.1 Å². The molecule has 12 heteroatoms. The van der Waals surface area contributed by atoms with Gasteiger partial charge in [0.15, 0.2) is 0 Å². The van der Waals surface area contributed by atoms with Crippen molar-refractivity contribution in [2.45, 2.75) is 56.9 Å². The summed E-state index contributed by atoms with van der Waals surface area (Å²) in [5.41, 5.74) is -0.984. The Morgan fingerprint density at radius 2 is 1.54 bits per heavy atom. The van der Waals surface area contributed by atoms with Gasteiger partial charge in [-0.15, -0.1) is 0 Å². The normalized spacial score (nSPS) is 13.2. The number of benzene rings is 3. The van der Waals surface area contributed by atoms with Crippen LogP contribution in [0.2, 0.25) is 5.02 Å². The van der Waals surface area contributed by atoms with Crippen LogP contribution < -0.4 is 9.62 Å². The van der Waals surface area contributed by atoms with E-state index in [4.69, 9.17) is 11.6 Å². The average Bonchev–Trinajstić information content (AvgIpc) is 2.94. The summed E-state index contributed by atoms with van der Waals surface area (Å²) in [6.07, 6.45) is -4.23. The molecule has 0 radical (unpaired) electrons. The molecule has 0 aromatic heterocycles. The van der Waals surface area contributed by atoms with Crippen molar-refractivity contribution in [2.75, 3.05) is 10.8 Å². The second-order valence-electron chi connectivity index (χ2n) is 9.49. The second-order valence-corrected chi connectivity index (χ2v) is 11.8. The Bertz CT molecular complexity index is 1460. The van der Waals surface area contributed by atoms with E-state index in [1.54, 1.807) is 43.3 Å². The number of hydrogen-bond donors (Lipinski definition) is 1. The van der Waals surface area contributed by atoms with Gasteiger partial charge in [-0.3, -0.25) is 13.9 Å². The van der Waals surface area contributed by atoms with Gasteiger partial charge in [-0.1, -0.05) is 67.1 Å². The fourth-order valence-electron chi connectivity index (χ4n) is 3.96. The number of nitrogens with zero attached hydrogens (tertiary/aromatic N) is 2. The summed E-state index contributed by atoms with van der Waals surface area (Å²) >= 11 is 5.79. The average molecular weight is 610 g/mol. The van der Waals surface area contributed by atoms with Gasteiger partial charge in [0.2, 0.25) is 11.8 Å². The van der Waals surface area contributed by atoms with Gasteiger partial charge in [-0.2, -0.15) is 13.2 Å². The van der Waals surface area contributed by atoms with E-state index in [1.807, 2.05) is 6.92 Å². The maximum absolute atomic E-state index is 13.9. The quantitative estimate of drug-likeness (QED) is 0.294. The number of hydrogen-bond acceptors (Lipinski definition) is 4. The van der Waals surface area contributed by atoms with Gasteiger partial charge in [0.1, 0.15) is 12.6 Å². The lowest BCUT2D eigenvalue weighted by atomic mass is 10.1. The third-order valence-corrected chi connectivity index (χ3v) is 8.64. The molecule has 0 aliphatic rings. The minimum absolute atomic E-state index is 0.0393. The van der Waals surface area contributed by atoms with E-state index in [1.165, 1.54) is 36.1 Å². The molecule has 0 heterocycles. The van der Waals surface area contributed by atoms with Crippen LogP contribution >= 0.6 is 11.6 Å². The van der Waals surface area contributed by atoms with Gasteiger partial charge in [-0.25, -0.2) is 8.42 Å². The van der Waals surface area contributed by atoms with Crippen molar-refractivity contribution in [3.63, 3.8) is 0 Å². The van der Waals surface area contributed by atoms with Crippen LogP contribution in [-0.2, 0) is 32.3 Å². The van der Waals surface area contributed by atoms with Crippen LogP contribution in [0.3, 0.4) is 0 Å². The van der Waals surface area contributed by atoms with Crippen LogP contribution in [0.15, 0.2) is 83.8 Å². The lowest BCUT2D eigenvalue weighted by molar-refractivity contribution is -0.139. The van der Waals surface area contributed by atoms with Crippen LogP contribution in [0, 0.1) is 0 Å². The molecule has 0 aliphatic heterocycles. The molecule has 0 fully saturated rings. The Morgan fingerprint density at radius 3 is 2.10 bits per heavy atom.